The van der Waals surface area contributed by atoms with E-state index in [4.69, 9.17) is 5.73 Å². The predicted octanol–water partition coefficient (Wildman–Crippen LogP) is 3.03. The number of carbonyl (C=O) groups excluding carboxylic acids is 2. The van der Waals surface area contributed by atoms with Crippen LogP contribution in [0.15, 0.2) is 36.4 Å². The Hall–Kier alpha value is -2.89. The Balaban J connectivity index is 2.11. The van der Waals surface area contributed by atoms with Gasteiger partial charge in [0.15, 0.2) is 0 Å². The van der Waals surface area contributed by atoms with Crippen molar-refractivity contribution in [3.63, 3.8) is 0 Å². The van der Waals surface area contributed by atoms with Crippen LogP contribution in [0.2, 0.25) is 0 Å². The zero-order valence-electron chi connectivity index (χ0n) is 15.5. The number of rotatable bonds is 3. The van der Waals surface area contributed by atoms with Gasteiger partial charge < -0.3 is 16.0 Å². The highest BCUT2D eigenvalue weighted by Crippen LogP contribution is 2.42. The van der Waals surface area contributed by atoms with Crippen molar-refractivity contribution in [2.45, 2.75) is 39.8 Å². The molecule has 3 unspecified atom stereocenters. The number of benzene rings is 1. The molecule has 136 valence electrons. The average Bonchev–Trinajstić information content (AvgIpc) is 2.58. The molecule has 6 nitrogen and oxygen atoms in total. The molecule has 2 amide bonds. The minimum atomic E-state index is -0.485. The number of aryl methyl sites for hydroxylation is 1. The van der Waals surface area contributed by atoms with Gasteiger partial charge >= 0.3 is 0 Å². The number of nitrogens with two attached hydrogens (primary N) is 1. The number of fused-ring (bicyclic) bond motifs is 1. The van der Waals surface area contributed by atoms with Gasteiger partial charge in [0.2, 0.25) is 11.8 Å². The molecule has 0 aliphatic carbocycles. The molecular weight excluding hydrogens is 328 g/mol. The van der Waals surface area contributed by atoms with Gasteiger partial charge in [-0.2, -0.15) is 0 Å². The van der Waals surface area contributed by atoms with Gasteiger partial charge in [0.1, 0.15) is 5.82 Å². The molecule has 26 heavy (non-hydrogen) atoms. The monoisotopic (exact) mass is 352 g/mol. The molecule has 0 saturated heterocycles. The fourth-order valence-corrected chi connectivity index (χ4v) is 3.64. The van der Waals surface area contributed by atoms with Crippen LogP contribution in [0.1, 0.15) is 48.4 Å². The van der Waals surface area contributed by atoms with E-state index in [9.17, 15) is 9.59 Å². The summed E-state index contributed by atoms with van der Waals surface area (Å²) >= 11 is 0. The molecule has 3 atom stereocenters. The number of amides is 2. The Kier molecular flexibility index (Phi) is 4.68. The van der Waals surface area contributed by atoms with Gasteiger partial charge in [-0.05, 0) is 49.7 Å². The van der Waals surface area contributed by atoms with Gasteiger partial charge in [0.25, 0.3) is 0 Å². The van der Waals surface area contributed by atoms with E-state index in [0.717, 1.165) is 22.8 Å². The fraction of sp³-hybridized carbons (Fsp3) is 0.350. The number of primary amides is 1. The molecule has 3 N–H and O–H groups in total. The first-order valence-corrected chi connectivity index (χ1v) is 8.73. The summed E-state index contributed by atoms with van der Waals surface area (Å²) in [6.07, 6.45) is 0. The minimum Gasteiger partial charge on any atom is -0.366 e. The average molecular weight is 352 g/mol. The molecule has 6 heteroatoms. The lowest BCUT2D eigenvalue weighted by Gasteiger charge is -2.44. The Morgan fingerprint density at radius 1 is 1.19 bits per heavy atom. The second kappa shape index (κ2) is 6.78. The quantitative estimate of drug-likeness (QED) is 0.889. The SMILES string of the molecule is CC(=O)N1c2ccc(C(N)=O)cc2C(Nc2cccc(C)n2)C(C)C1C. The number of hydrogen-bond acceptors (Lipinski definition) is 4. The lowest BCUT2D eigenvalue weighted by molar-refractivity contribution is -0.117. The number of nitrogens with zero attached hydrogens (tertiary/aromatic N) is 2. The maximum Gasteiger partial charge on any atom is 0.248 e. The van der Waals surface area contributed by atoms with Crippen molar-refractivity contribution in [3.8, 4) is 0 Å². The molecule has 1 aromatic heterocycles. The van der Waals surface area contributed by atoms with Gasteiger partial charge in [-0.15, -0.1) is 0 Å². The molecule has 0 spiro atoms. The molecule has 1 aromatic carbocycles. The van der Waals surface area contributed by atoms with Crippen LogP contribution in [0, 0.1) is 12.8 Å². The van der Waals surface area contributed by atoms with E-state index in [0.29, 0.717) is 5.56 Å². The van der Waals surface area contributed by atoms with Crippen molar-refractivity contribution in [1.29, 1.82) is 0 Å². The van der Waals surface area contributed by atoms with E-state index < -0.39 is 5.91 Å². The number of carbonyl (C=O) groups is 2. The summed E-state index contributed by atoms with van der Waals surface area (Å²) in [5.74, 6) is 0.364. The number of hydrogen-bond donors (Lipinski definition) is 2. The van der Waals surface area contributed by atoms with Crippen LogP contribution in [-0.2, 0) is 4.79 Å². The van der Waals surface area contributed by atoms with Crippen molar-refractivity contribution in [3.05, 3.63) is 53.2 Å². The fourth-order valence-electron chi connectivity index (χ4n) is 3.64. The van der Waals surface area contributed by atoms with Gasteiger partial charge in [-0.1, -0.05) is 13.0 Å². The molecule has 0 radical (unpaired) electrons. The largest absolute Gasteiger partial charge is 0.366 e. The summed E-state index contributed by atoms with van der Waals surface area (Å²) in [5, 5.41) is 3.48. The van der Waals surface area contributed by atoms with Crippen molar-refractivity contribution in [1.82, 2.24) is 4.98 Å². The first kappa shape index (κ1) is 17.9. The third kappa shape index (κ3) is 3.14. The van der Waals surface area contributed by atoms with Crippen molar-refractivity contribution in [2.24, 2.45) is 11.7 Å². The molecule has 1 aliphatic rings. The van der Waals surface area contributed by atoms with E-state index in [1.165, 1.54) is 0 Å². The van der Waals surface area contributed by atoms with Crippen molar-refractivity contribution in [2.75, 3.05) is 10.2 Å². The second-order valence-electron chi connectivity index (χ2n) is 6.91. The highest BCUT2D eigenvalue weighted by atomic mass is 16.2. The maximum absolute atomic E-state index is 12.2. The van der Waals surface area contributed by atoms with Crippen LogP contribution < -0.4 is 16.0 Å². The number of anilines is 2. The molecular formula is C20H24N4O2. The summed E-state index contributed by atoms with van der Waals surface area (Å²) in [7, 11) is 0. The molecule has 3 rings (SSSR count). The zero-order chi connectivity index (χ0) is 19.0. The first-order chi connectivity index (χ1) is 12.3. The topological polar surface area (TPSA) is 88.3 Å². The van der Waals surface area contributed by atoms with Crippen LogP contribution in [-0.4, -0.2) is 22.8 Å². The van der Waals surface area contributed by atoms with Crippen molar-refractivity contribution >= 4 is 23.3 Å². The third-order valence-corrected chi connectivity index (χ3v) is 5.13. The van der Waals surface area contributed by atoms with Crippen LogP contribution >= 0.6 is 0 Å². The highest BCUT2D eigenvalue weighted by molar-refractivity contribution is 5.97. The number of pyridine rings is 1. The smallest absolute Gasteiger partial charge is 0.248 e. The predicted molar refractivity (Wildman–Crippen MR) is 102 cm³/mol. The maximum atomic E-state index is 12.2. The lowest BCUT2D eigenvalue weighted by Crippen LogP contribution is -2.48. The van der Waals surface area contributed by atoms with Gasteiger partial charge in [-0.3, -0.25) is 9.59 Å². The first-order valence-electron chi connectivity index (χ1n) is 8.73. The van der Waals surface area contributed by atoms with E-state index in [2.05, 4.69) is 17.2 Å². The van der Waals surface area contributed by atoms with E-state index in [1.807, 2.05) is 32.0 Å². The number of aromatic nitrogens is 1. The van der Waals surface area contributed by atoms with Gasteiger partial charge in [0, 0.05) is 35.8 Å². The van der Waals surface area contributed by atoms with Crippen LogP contribution in [0.4, 0.5) is 11.5 Å². The zero-order valence-corrected chi connectivity index (χ0v) is 15.5. The summed E-state index contributed by atoms with van der Waals surface area (Å²) in [6, 6.07) is 11.0. The van der Waals surface area contributed by atoms with Gasteiger partial charge in [0.05, 0.1) is 6.04 Å². The normalized spacial score (nSPS) is 21.8. The highest BCUT2D eigenvalue weighted by Gasteiger charge is 2.38. The molecule has 2 aromatic rings. The van der Waals surface area contributed by atoms with Gasteiger partial charge in [-0.25, -0.2) is 4.98 Å². The standard InChI is InChI=1S/C20H24N4O2/c1-11-6-5-7-18(22-11)23-19-12(2)13(3)24(14(4)25)17-9-8-15(20(21)26)10-16(17)19/h5-10,12-13,19H,1-4H3,(H2,21,26)(H,22,23). The molecule has 0 fully saturated rings. The Labute approximate surface area is 153 Å². The molecule has 2 heterocycles. The Bertz CT molecular complexity index is 865. The van der Waals surface area contributed by atoms with E-state index in [-0.39, 0.29) is 23.9 Å². The summed E-state index contributed by atoms with van der Waals surface area (Å²) in [6.45, 7) is 7.63. The summed E-state index contributed by atoms with van der Waals surface area (Å²) < 4.78 is 0. The second-order valence-corrected chi connectivity index (χ2v) is 6.91. The van der Waals surface area contributed by atoms with E-state index >= 15 is 0 Å². The summed E-state index contributed by atoms with van der Waals surface area (Å²) in [4.78, 5) is 30.2. The van der Waals surface area contributed by atoms with Crippen LogP contribution in [0.5, 0.6) is 0 Å². The van der Waals surface area contributed by atoms with Crippen molar-refractivity contribution < 1.29 is 9.59 Å². The summed E-state index contributed by atoms with van der Waals surface area (Å²) in [5.41, 5.74) is 8.50. The Morgan fingerprint density at radius 2 is 1.92 bits per heavy atom. The minimum absolute atomic E-state index is 0.00161. The Morgan fingerprint density at radius 3 is 2.54 bits per heavy atom. The molecule has 1 aliphatic heterocycles. The molecule has 0 saturated carbocycles. The third-order valence-electron chi connectivity index (χ3n) is 5.13. The van der Waals surface area contributed by atoms with Crippen LogP contribution in [0.3, 0.4) is 0 Å². The van der Waals surface area contributed by atoms with E-state index in [1.54, 1.807) is 30.0 Å². The number of nitrogens with one attached hydrogen (secondary N) is 1. The van der Waals surface area contributed by atoms with Crippen LogP contribution in [0.25, 0.3) is 0 Å². The molecule has 0 bridgehead atoms. The lowest BCUT2D eigenvalue weighted by atomic mass is 9.82.